The van der Waals surface area contributed by atoms with Crippen molar-refractivity contribution in [3.63, 3.8) is 0 Å². The molecule has 1 saturated carbocycles. The summed E-state index contributed by atoms with van der Waals surface area (Å²) in [6.07, 6.45) is 3.56. The van der Waals surface area contributed by atoms with Crippen LogP contribution >= 0.6 is 0 Å². The molecule has 1 aliphatic rings. The molecule has 19 heavy (non-hydrogen) atoms. The molecule has 0 aliphatic heterocycles. The number of nitrogens with zero attached hydrogens (tertiary/aromatic N) is 1. The van der Waals surface area contributed by atoms with Gasteiger partial charge in [-0.25, -0.2) is 0 Å². The molecule has 1 aromatic rings. The summed E-state index contributed by atoms with van der Waals surface area (Å²) >= 11 is 0. The lowest BCUT2D eigenvalue weighted by atomic mass is 9.86. The third-order valence-corrected chi connectivity index (χ3v) is 4.63. The van der Waals surface area contributed by atoms with Crippen LogP contribution in [0.15, 0.2) is 24.3 Å². The number of nitrogens with two attached hydrogens (primary N) is 1. The van der Waals surface area contributed by atoms with Gasteiger partial charge in [-0.3, -0.25) is 0 Å². The van der Waals surface area contributed by atoms with Crippen molar-refractivity contribution >= 4 is 5.69 Å². The summed E-state index contributed by atoms with van der Waals surface area (Å²) in [5.41, 5.74) is 7.81. The lowest BCUT2D eigenvalue weighted by molar-refractivity contribution is 0.332. The normalized spacial score (nSPS) is 25.3. The van der Waals surface area contributed by atoms with Crippen molar-refractivity contribution in [2.45, 2.75) is 38.6 Å². The summed E-state index contributed by atoms with van der Waals surface area (Å²) in [4.78, 5) is 2.36. The molecule has 106 valence electrons. The molecule has 1 aliphatic carbocycles. The van der Waals surface area contributed by atoms with E-state index in [2.05, 4.69) is 37.9 Å². The highest BCUT2D eigenvalue weighted by molar-refractivity contribution is 5.51. The second-order valence-electron chi connectivity index (χ2n) is 6.53. The maximum Gasteiger partial charge on any atom is 0.119 e. The lowest BCUT2D eigenvalue weighted by Crippen LogP contribution is -2.51. The van der Waals surface area contributed by atoms with Gasteiger partial charge in [0.15, 0.2) is 0 Å². The highest BCUT2D eigenvalue weighted by Crippen LogP contribution is 2.47. The molecule has 2 rings (SSSR count). The minimum atomic E-state index is 0.0953. The van der Waals surface area contributed by atoms with Crippen molar-refractivity contribution < 1.29 is 4.74 Å². The van der Waals surface area contributed by atoms with Crippen LogP contribution in [-0.2, 0) is 0 Å². The summed E-state index contributed by atoms with van der Waals surface area (Å²) in [5, 5.41) is 0. The van der Waals surface area contributed by atoms with Crippen molar-refractivity contribution in [3.05, 3.63) is 24.3 Å². The van der Waals surface area contributed by atoms with Gasteiger partial charge < -0.3 is 15.4 Å². The number of likely N-dealkylation sites (N-methyl/N-ethyl adjacent to an activating group) is 1. The van der Waals surface area contributed by atoms with Crippen LogP contribution in [0.3, 0.4) is 0 Å². The molecular formula is C16H26N2O. The van der Waals surface area contributed by atoms with Crippen LogP contribution in [0.2, 0.25) is 0 Å². The van der Waals surface area contributed by atoms with E-state index in [0.29, 0.717) is 12.0 Å². The van der Waals surface area contributed by atoms with E-state index >= 15 is 0 Å². The SMILES string of the molecule is COc1ccc(N(C)C2(CN)CCC(C)(C)C2)cc1. The Morgan fingerprint density at radius 1 is 1.21 bits per heavy atom. The standard InChI is InChI=1S/C16H26N2O/c1-15(2)9-10-16(11-15,12-17)18(3)13-5-7-14(19-4)8-6-13/h5-8H,9-12,17H2,1-4H3. The number of anilines is 1. The van der Waals surface area contributed by atoms with Gasteiger partial charge in [-0.2, -0.15) is 0 Å². The zero-order chi connectivity index (χ0) is 14.1. The Balaban J connectivity index is 2.23. The minimum Gasteiger partial charge on any atom is -0.497 e. The van der Waals surface area contributed by atoms with Crippen molar-refractivity contribution in [3.8, 4) is 5.75 Å². The molecule has 3 heteroatoms. The van der Waals surface area contributed by atoms with E-state index in [1.54, 1.807) is 7.11 Å². The Bertz CT molecular complexity index is 427. The molecule has 1 fully saturated rings. The first-order valence-corrected chi connectivity index (χ1v) is 7.00. The van der Waals surface area contributed by atoms with Gasteiger partial charge in [0, 0.05) is 19.3 Å². The van der Waals surface area contributed by atoms with Crippen molar-refractivity contribution in [2.24, 2.45) is 11.1 Å². The summed E-state index contributed by atoms with van der Waals surface area (Å²) in [6.45, 7) is 5.39. The molecule has 1 unspecified atom stereocenters. The van der Waals surface area contributed by atoms with Crippen LogP contribution < -0.4 is 15.4 Å². The zero-order valence-electron chi connectivity index (χ0n) is 12.6. The van der Waals surface area contributed by atoms with E-state index in [1.165, 1.54) is 18.5 Å². The van der Waals surface area contributed by atoms with Gasteiger partial charge in [-0.05, 0) is 48.9 Å². The fraction of sp³-hybridized carbons (Fsp3) is 0.625. The van der Waals surface area contributed by atoms with Gasteiger partial charge in [0.1, 0.15) is 5.75 Å². The summed E-state index contributed by atoms with van der Waals surface area (Å²) in [6, 6.07) is 8.25. The van der Waals surface area contributed by atoms with Gasteiger partial charge in [0.2, 0.25) is 0 Å². The predicted molar refractivity (Wildman–Crippen MR) is 80.8 cm³/mol. The Kier molecular flexibility index (Phi) is 3.77. The number of hydrogen-bond acceptors (Lipinski definition) is 3. The van der Waals surface area contributed by atoms with Gasteiger partial charge >= 0.3 is 0 Å². The topological polar surface area (TPSA) is 38.5 Å². The fourth-order valence-electron chi connectivity index (χ4n) is 3.32. The van der Waals surface area contributed by atoms with Crippen molar-refractivity contribution in [1.29, 1.82) is 0 Å². The van der Waals surface area contributed by atoms with Crippen LogP contribution in [0.1, 0.15) is 33.1 Å². The smallest absolute Gasteiger partial charge is 0.119 e. The number of rotatable bonds is 4. The number of ether oxygens (including phenoxy) is 1. The second-order valence-corrected chi connectivity index (χ2v) is 6.53. The monoisotopic (exact) mass is 262 g/mol. The van der Waals surface area contributed by atoms with Crippen LogP contribution in [0.4, 0.5) is 5.69 Å². The molecule has 3 nitrogen and oxygen atoms in total. The number of hydrogen-bond donors (Lipinski definition) is 1. The molecule has 0 saturated heterocycles. The largest absolute Gasteiger partial charge is 0.497 e. The highest BCUT2D eigenvalue weighted by Gasteiger charge is 2.45. The van der Waals surface area contributed by atoms with Crippen LogP contribution in [-0.4, -0.2) is 26.2 Å². The van der Waals surface area contributed by atoms with Gasteiger partial charge in [-0.15, -0.1) is 0 Å². The predicted octanol–water partition coefficient (Wildman–Crippen LogP) is 3.04. The first-order valence-electron chi connectivity index (χ1n) is 7.00. The van der Waals surface area contributed by atoms with E-state index in [1.807, 2.05) is 12.1 Å². The Labute approximate surface area is 116 Å². The number of benzene rings is 1. The molecule has 0 amide bonds. The van der Waals surface area contributed by atoms with E-state index in [0.717, 1.165) is 12.2 Å². The Hall–Kier alpha value is -1.22. The highest BCUT2D eigenvalue weighted by atomic mass is 16.5. The molecule has 1 atom stereocenters. The molecule has 2 N–H and O–H groups in total. The van der Waals surface area contributed by atoms with Gasteiger partial charge in [0.05, 0.1) is 12.6 Å². The van der Waals surface area contributed by atoms with Gasteiger partial charge in [-0.1, -0.05) is 13.8 Å². The van der Waals surface area contributed by atoms with E-state index < -0.39 is 0 Å². The molecule has 0 bridgehead atoms. The van der Waals surface area contributed by atoms with Crippen LogP contribution in [0.25, 0.3) is 0 Å². The third-order valence-electron chi connectivity index (χ3n) is 4.63. The van der Waals surface area contributed by atoms with Crippen LogP contribution in [0, 0.1) is 5.41 Å². The van der Waals surface area contributed by atoms with E-state index in [4.69, 9.17) is 10.5 Å². The Morgan fingerprint density at radius 3 is 2.26 bits per heavy atom. The molecule has 0 aromatic heterocycles. The van der Waals surface area contributed by atoms with Crippen molar-refractivity contribution in [1.82, 2.24) is 0 Å². The fourth-order valence-corrected chi connectivity index (χ4v) is 3.32. The summed E-state index contributed by atoms with van der Waals surface area (Å²) in [7, 11) is 3.86. The van der Waals surface area contributed by atoms with Crippen molar-refractivity contribution in [2.75, 3.05) is 25.6 Å². The maximum atomic E-state index is 6.12. The van der Waals surface area contributed by atoms with Crippen LogP contribution in [0.5, 0.6) is 5.75 Å². The van der Waals surface area contributed by atoms with E-state index in [-0.39, 0.29) is 5.54 Å². The summed E-state index contributed by atoms with van der Waals surface area (Å²) in [5.74, 6) is 0.894. The minimum absolute atomic E-state index is 0.0953. The third kappa shape index (κ3) is 2.71. The van der Waals surface area contributed by atoms with E-state index in [9.17, 15) is 0 Å². The molecule has 0 radical (unpaired) electrons. The first-order chi connectivity index (χ1) is 8.92. The molecule has 0 heterocycles. The average molecular weight is 262 g/mol. The van der Waals surface area contributed by atoms with Gasteiger partial charge in [0.25, 0.3) is 0 Å². The maximum absolute atomic E-state index is 6.12. The quantitative estimate of drug-likeness (QED) is 0.906. The summed E-state index contributed by atoms with van der Waals surface area (Å²) < 4.78 is 5.22. The molecular weight excluding hydrogens is 236 g/mol. The zero-order valence-corrected chi connectivity index (χ0v) is 12.6. The molecule has 0 spiro atoms. The Morgan fingerprint density at radius 2 is 1.84 bits per heavy atom. The average Bonchev–Trinajstić information content (AvgIpc) is 2.75. The first kappa shape index (κ1) is 14.2. The lowest BCUT2D eigenvalue weighted by Gasteiger charge is -2.41. The molecule has 1 aromatic carbocycles. The number of methoxy groups -OCH3 is 1. The second kappa shape index (κ2) is 5.04.